The second kappa shape index (κ2) is 8.96. The van der Waals surface area contributed by atoms with E-state index in [1.54, 1.807) is 12.3 Å². The zero-order chi connectivity index (χ0) is 22.1. The molecule has 4 heterocycles. The van der Waals surface area contributed by atoms with Crippen LogP contribution >= 0.6 is 0 Å². The summed E-state index contributed by atoms with van der Waals surface area (Å²) in [5.41, 5.74) is 2.26. The molecule has 2 aromatic rings. The summed E-state index contributed by atoms with van der Waals surface area (Å²) in [4.78, 5) is 43.9. The summed E-state index contributed by atoms with van der Waals surface area (Å²) in [6.07, 6.45) is 11.0. The van der Waals surface area contributed by atoms with Crippen molar-refractivity contribution in [2.24, 2.45) is 5.92 Å². The van der Waals surface area contributed by atoms with Crippen LogP contribution in [0.25, 0.3) is 0 Å². The van der Waals surface area contributed by atoms with Crippen LogP contribution in [0.4, 0.5) is 5.82 Å². The third kappa shape index (κ3) is 4.00. The molecule has 2 aliphatic heterocycles. The predicted molar refractivity (Wildman–Crippen MR) is 121 cm³/mol. The Kier molecular flexibility index (Phi) is 5.89. The summed E-state index contributed by atoms with van der Waals surface area (Å²) in [5, 5.41) is 0. The molecule has 168 valence electrons. The number of hydrogen-bond acceptors (Lipinski definition) is 5. The summed E-state index contributed by atoms with van der Waals surface area (Å²) in [7, 11) is 0. The number of anilines is 1. The molecule has 7 nitrogen and oxygen atoms in total. The topological polar surface area (TPSA) is 79.3 Å². The normalized spacial score (nSPS) is 21.7. The average molecular weight is 434 g/mol. The molecular weight excluding hydrogens is 402 g/mol. The SMILES string of the molecule is Cc1nc([C@@H]2CCCCN2C(=O)c2ccccn2)nc2c1CC(=O)N2CC1CCCCC1. The van der Waals surface area contributed by atoms with Gasteiger partial charge in [0, 0.05) is 30.5 Å². The third-order valence-electron chi connectivity index (χ3n) is 7.21. The van der Waals surface area contributed by atoms with Crippen LogP contribution in [0.1, 0.15) is 85.0 Å². The van der Waals surface area contributed by atoms with Crippen LogP contribution in [0.2, 0.25) is 0 Å². The Bertz CT molecular complexity index is 1000. The molecule has 0 radical (unpaired) electrons. The van der Waals surface area contributed by atoms with E-state index in [1.807, 2.05) is 28.9 Å². The summed E-state index contributed by atoms with van der Waals surface area (Å²) in [5.74, 6) is 2.04. The van der Waals surface area contributed by atoms with Crippen molar-refractivity contribution in [1.29, 1.82) is 0 Å². The maximum absolute atomic E-state index is 13.2. The lowest BCUT2D eigenvalue weighted by atomic mass is 9.89. The van der Waals surface area contributed by atoms with E-state index in [4.69, 9.17) is 9.97 Å². The van der Waals surface area contributed by atoms with E-state index in [0.29, 0.717) is 30.4 Å². The summed E-state index contributed by atoms with van der Waals surface area (Å²) >= 11 is 0. The van der Waals surface area contributed by atoms with Gasteiger partial charge in [-0.2, -0.15) is 0 Å². The molecule has 1 atom stereocenters. The van der Waals surface area contributed by atoms with Crippen molar-refractivity contribution in [2.45, 2.75) is 70.8 Å². The van der Waals surface area contributed by atoms with Crippen LogP contribution in [0, 0.1) is 12.8 Å². The number of pyridine rings is 1. The second-order valence-electron chi connectivity index (χ2n) is 9.38. The first-order chi connectivity index (χ1) is 15.6. The molecule has 7 heteroatoms. The number of piperidine rings is 1. The minimum absolute atomic E-state index is 0.0767. The van der Waals surface area contributed by atoms with E-state index in [-0.39, 0.29) is 17.9 Å². The number of hydrogen-bond donors (Lipinski definition) is 0. The van der Waals surface area contributed by atoms with E-state index < -0.39 is 0 Å². The van der Waals surface area contributed by atoms with Crippen molar-refractivity contribution in [3.8, 4) is 0 Å². The van der Waals surface area contributed by atoms with Gasteiger partial charge in [0.05, 0.1) is 12.5 Å². The molecular formula is C25H31N5O2. The molecule has 2 aromatic heterocycles. The number of fused-ring (bicyclic) bond motifs is 1. The van der Waals surface area contributed by atoms with E-state index in [1.165, 1.54) is 32.1 Å². The number of likely N-dealkylation sites (tertiary alicyclic amines) is 1. The number of carbonyl (C=O) groups is 2. The maximum atomic E-state index is 13.2. The fourth-order valence-electron chi connectivity index (χ4n) is 5.44. The van der Waals surface area contributed by atoms with Crippen LogP contribution in [-0.4, -0.2) is 44.8 Å². The van der Waals surface area contributed by atoms with E-state index in [9.17, 15) is 9.59 Å². The highest BCUT2D eigenvalue weighted by Gasteiger charge is 2.36. The minimum atomic E-state index is -0.186. The fourth-order valence-corrected chi connectivity index (χ4v) is 5.44. The Balaban J connectivity index is 1.45. The Morgan fingerprint density at radius 3 is 2.66 bits per heavy atom. The molecule has 0 aromatic carbocycles. The number of aromatic nitrogens is 3. The molecule has 2 amide bonds. The monoisotopic (exact) mass is 433 g/mol. The van der Waals surface area contributed by atoms with Crippen LogP contribution in [-0.2, 0) is 11.2 Å². The van der Waals surface area contributed by atoms with E-state index in [0.717, 1.165) is 42.9 Å². The van der Waals surface area contributed by atoms with Crippen molar-refractivity contribution in [3.63, 3.8) is 0 Å². The van der Waals surface area contributed by atoms with Crippen molar-refractivity contribution >= 4 is 17.6 Å². The summed E-state index contributed by atoms with van der Waals surface area (Å²) in [6, 6.07) is 5.22. The van der Waals surface area contributed by atoms with Gasteiger partial charge in [0.1, 0.15) is 11.5 Å². The average Bonchev–Trinajstić information content (AvgIpc) is 3.15. The Hall–Kier alpha value is -2.83. The quantitative estimate of drug-likeness (QED) is 0.728. The van der Waals surface area contributed by atoms with Crippen molar-refractivity contribution in [2.75, 3.05) is 18.0 Å². The highest BCUT2D eigenvalue weighted by molar-refractivity contribution is 6.00. The number of nitrogens with zero attached hydrogens (tertiary/aromatic N) is 5. The van der Waals surface area contributed by atoms with Gasteiger partial charge in [-0.15, -0.1) is 0 Å². The largest absolute Gasteiger partial charge is 0.327 e. The van der Waals surface area contributed by atoms with Gasteiger partial charge in [-0.3, -0.25) is 19.5 Å². The minimum Gasteiger partial charge on any atom is -0.327 e. The van der Waals surface area contributed by atoms with Gasteiger partial charge in [-0.25, -0.2) is 9.97 Å². The van der Waals surface area contributed by atoms with Crippen LogP contribution < -0.4 is 4.90 Å². The molecule has 1 saturated carbocycles. The van der Waals surface area contributed by atoms with Gasteiger partial charge in [-0.05, 0) is 57.1 Å². The number of amides is 2. The Morgan fingerprint density at radius 1 is 1.06 bits per heavy atom. The lowest BCUT2D eigenvalue weighted by molar-refractivity contribution is -0.117. The first kappa shape index (κ1) is 21.0. The zero-order valence-electron chi connectivity index (χ0n) is 18.8. The molecule has 1 aliphatic carbocycles. The molecule has 3 aliphatic rings. The van der Waals surface area contributed by atoms with Gasteiger partial charge in [0.25, 0.3) is 5.91 Å². The van der Waals surface area contributed by atoms with Gasteiger partial charge >= 0.3 is 0 Å². The lowest BCUT2D eigenvalue weighted by Crippen LogP contribution is -2.40. The molecule has 0 bridgehead atoms. The summed E-state index contributed by atoms with van der Waals surface area (Å²) < 4.78 is 0. The standard InChI is InChI=1S/C25H31N5O2/c1-17-19-15-22(31)30(16-18-9-3-2-4-10-18)24(19)28-23(27-17)21-12-6-8-14-29(21)25(32)20-11-5-7-13-26-20/h5,7,11,13,18,21H,2-4,6,8-10,12,14-16H2,1H3/t21-/m0/s1. The maximum Gasteiger partial charge on any atom is 0.273 e. The van der Waals surface area contributed by atoms with E-state index >= 15 is 0 Å². The van der Waals surface area contributed by atoms with Gasteiger partial charge < -0.3 is 4.90 Å². The third-order valence-corrected chi connectivity index (χ3v) is 7.21. The summed E-state index contributed by atoms with van der Waals surface area (Å²) in [6.45, 7) is 3.39. The second-order valence-corrected chi connectivity index (χ2v) is 9.38. The zero-order valence-corrected chi connectivity index (χ0v) is 18.8. The number of carbonyl (C=O) groups excluding carboxylic acids is 2. The molecule has 2 fully saturated rings. The molecule has 0 unspecified atom stereocenters. The molecule has 1 saturated heterocycles. The Labute approximate surface area is 189 Å². The highest BCUT2D eigenvalue weighted by atomic mass is 16.2. The van der Waals surface area contributed by atoms with Gasteiger partial charge in [-0.1, -0.05) is 25.3 Å². The van der Waals surface area contributed by atoms with Crippen LogP contribution in [0.15, 0.2) is 24.4 Å². The fraction of sp³-hybridized carbons (Fsp3) is 0.560. The van der Waals surface area contributed by atoms with Gasteiger partial charge in [0.2, 0.25) is 5.91 Å². The smallest absolute Gasteiger partial charge is 0.273 e. The van der Waals surface area contributed by atoms with Crippen molar-refractivity contribution in [3.05, 3.63) is 47.2 Å². The van der Waals surface area contributed by atoms with Gasteiger partial charge in [0.15, 0.2) is 5.82 Å². The number of rotatable bonds is 4. The number of aryl methyl sites for hydroxylation is 1. The highest BCUT2D eigenvalue weighted by Crippen LogP contribution is 2.36. The molecule has 0 N–H and O–H groups in total. The first-order valence-corrected chi connectivity index (χ1v) is 12.0. The van der Waals surface area contributed by atoms with Crippen LogP contribution in [0.3, 0.4) is 0 Å². The predicted octanol–water partition coefficient (Wildman–Crippen LogP) is 4.02. The van der Waals surface area contributed by atoms with Crippen LogP contribution in [0.5, 0.6) is 0 Å². The molecule has 5 rings (SSSR count). The first-order valence-electron chi connectivity index (χ1n) is 12.0. The van der Waals surface area contributed by atoms with E-state index in [2.05, 4.69) is 4.98 Å². The molecule has 0 spiro atoms. The lowest BCUT2D eigenvalue weighted by Gasteiger charge is -2.35. The van der Waals surface area contributed by atoms with Crippen molar-refractivity contribution in [1.82, 2.24) is 19.9 Å². The Morgan fingerprint density at radius 2 is 1.88 bits per heavy atom. The molecule has 32 heavy (non-hydrogen) atoms. The van der Waals surface area contributed by atoms with Crippen molar-refractivity contribution < 1.29 is 9.59 Å².